The molecule has 0 bridgehead atoms. The molecule has 0 saturated carbocycles. The Morgan fingerprint density at radius 2 is 1.79 bits per heavy atom. The largest absolute Gasteiger partial charge is 0.478 e. The first-order valence-corrected chi connectivity index (χ1v) is 11.9. The number of fused-ring (bicyclic) bond motifs is 1. The van der Waals surface area contributed by atoms with Crippen LogP contribution in [0.15, 0.2) is 59.6 Å². The lowest BCUT2D eigenvalue weighted by molar-refractivity contribution is 0.0696. The summed E-state index contributed by atoms with van der Waals surface area (Å²) in [4.78, 5) is 30.4. The molecule has 6 heteroatoms. The van der Waals surface area contributed by atoms with Crippen LogP contribution in [-0.2, 0) is 12.8 Å². The predicted molar refractivity (Wildman–Crippen MR) is 134 cm³/mol. The first kappa shape index (κ1) is 22.9. The average molecular weight is 461 g/mol. The summed E-state index contributed by atoms with van der Waals surface area (Å²) in [6.45, 7) is 6.83. The van der Waals surface area contributed by atoms with Crippen LogP contribution >= 0.6 is 11.3 Å². The van der Waals surface area contributed by atoms with Crippen molar-refractivity contribution in [2.24, 2.45) is 16.3 Å². The van der Waals surface area contributed by atoms with Crippen LogP contribution in [0, 0.1) is 11.3 Å². The van der Waals surface area contributed by atoms with Crippen molar-refractivity contribution < 1.29 is 14.7 Å². The number of nitrogens with zero attached hydrogens (tertiary/aromatic N) is 1. The molecule has 4 rings (SSSR count). The summed E-state index contributed by atoms with van der Waals surface area (Å²) in [5.74, 6) is -0.534. The first-order chi connectivity index (χ1) is 15.7. The number of anilines is 1. The Hall–Kier alpha value is -3.25. The van der Waals surface area contributed by atoms with Crippen LogP contribution in [-0.4, -0.2) is 23.2 Å². The third-order valence-corrected chi connectivity index (χ3v) is 7.38. The van der Waals surface area contributed by atoms with E-state index in [1.54, 1.807) is 41.8 Å². The Morgan fingerprint density at radius 1 is 1.09 bits per heavy atom. The minimum absolute atomic E-state index is 0.138. The van der Waals surface area contributed by atoms with Crippen molar-refractivity contribution >= 4 is 40.1 Å². The highest BCUT2D eigenvalue weighted by Gasteiger charge is 2.33. The van der Waals surface area contributed by atoms with Crippen LogP contribution in [0.1, 0.15) is 63.9 Å². The van der Waals surface area contributed by atoms with Gasteiger partial charge >= 0.3 is 5.97 Å². The van der Waals surface area contributed by atoms with Crippen LogP contribution in [0.3, 0.4) is 0 Å². The van der Waals surface area contributed by atoms with E-state index in [2.05, 4.69) is 26.1 Å². The second kappa shape index (κ2) is 9.32. The Kier molecular flexibility index (Phi) is 6.47. The monoisotopic (exact) mass is 460 g/mol. The third-order valence-electron chi connectivity index (χ3n) is 6.22. The Balaban J connectivity index is 1.68. The molecule has 2 N–H and O–H groups in total. The maximum Gasteiger partial charge on any atom is 0.335 e. The maximum absolute atomic E-state index is 13.3. The fourth-order valence-corrected chi connectivity index (χ4v) is 5.46. The van der Waals surface area contributed by atoms with Crippen LogP contribution in [0.5, 0.6) is 0 Å². The van der Waals surface area contributed by atoms with Gasteiger partial charge in [-0.05, 0) is 66.0 Å². The van der Waals surface area contributed by atoms with Gasteiger partial charge in [-0.15, -0.1) is 11.3 Å². The van der Waals surface area contributed by atoms with Gasteiger partial charge in [0.2, 0.25) is 0 Å². The van der Waals surface area contributed by atoms with Crippen molar-refractivity contribution in [3.05, 3.63) is 81.7 Å². The molecule has 1 heterocycles. The molecule has 2 aromatic carbocycles. The summed E-state index contributed by atoms with van der Waals surface area (Å²) in [5, 5.41) is 12.8. The first-order valence-electron chi connectivity index (χ1n) is 11.1. The average Bonchev–Trinajstić information content (AvgIpc) is 3.16. The number of carbonyl (C=O) groups excluding carboxylic acids is 1. The molecule has 0 radical (unpaired) electrons. The molecule has 0 spiro atoms. The van der Waals surface area contributed by atoms with Gasteiger partial charge in [-0.2, -0.15) is 0 Å². The fourth-order valence-electron chi connectivity index (χ4n) is 4.20. The Labute approximate surface area is 198 Å². The van der Waals surface area contributed by atoms with Crippen molar-refractivity contribution in [2.75, 3.05) is 5.32 Å². The number of rotatable bonds is 5. The molecule has 1 amide bonds. The molecule has 1 aromatic heterocycles. The molecule has 0 unspecified atom stereocenters. The van der Waals surface area contributed by atoms with E-state index in [-0.39, 0.29) is 16.9 Å². The van der Waals surface area contributed by atoms with Gasteiger partial charge in [-0.1, -0.05) is 51.1 Å². The van der Waals surface area contributed by atoms with Crippen LogP contribution < -0.4 is 5.32 Å². The van der Waals surface area contributed by atoms with Crippen molar-refractivity contribution in [2.45, 2.75) is 40.0 Å². The molecule has 33 heavy (non-hydrogen) atoms. The van der Waals surface area contributed by atoms with Crippen molar-refractivity contribution in [3.8, 4) is 0 Å². The zero-order valence-corrected chi connectivity index (χ0v) is 19.9. The van der Waals surface area contributed by atoms with Crippen LogP contribution in [0.4, 0.5) is 10.7 Å². The number of aliphatic imine (C=N–C) groups is 1. The number of hydrogen-bond donors (Lipinski definition) is 2. The number of benzene rings is 2. The SMILES string of the molecule is CC(C)(C)[C@@H]1CCc2c(sc(N=Cc3ccc(C(=O)O)cc3)c2C(=O)Nc2ccccc2)C1. The highest BCUT2D eigenvalue weighted by atomic mass is 32.1. The smallest absolute Gasteiger partial charge is 0.335 e. The number of carboxylic acid groups (broad SMARTS) is 1. The number of aromatic carboxylic acids is 1. The van der Waals surface area contributed by atoms with E-state index in [0.29, 0.717) is 16.5 Å². The van der Waals surface area contributed by atoms with Gasteiger partial charge in [-0.3, -0.25) is 4.79 Å². The minimum atomic E-state index is -0.960. The lowest BCUT2D eigenvalue weighted by atomic mass is 9.72. The fraction of sp³-hybridized carbons (Fsp3) is 0.296. The summed E-state index contributed by atoms with van der Waals surface area (Å²) in [6.07, 6.45) is 4.58. The molecular weight excluding hydrogens is 432 g/mol. The number of thiophene rings is 1. The van der Waals surface area contributed by atoms with E-state index in [9.17, 15) is 9.59 Å². The van der Waals surface area contributed by atoms with Crippen molar-refractivity contribution in [1.29, 1.82) is 0 Å². The minimum Gasteiger partial charge on any atom is -0.478 e. The highest BCUT2D eigenvalue weighted by molar-refractivity contribution is 7.16. The van der Waals surface area contributed by atoms with Gasteiger partial charge in [0.05, 0.1) is 11.1 Å². The van der Waals surface area contributed by atoms with Gasteiger partial charge in [0, 0.05) is 16.8 Å². The second-order valence-corrected chi connectivity index (χ2v) is 10.6. The lowest BCUT2D eigenvalue weighted by Crippen LogP contribution is -2.27. The summed E-state index contributed by atoms with van der Waals surface area (Å²) in [7, 11) is 0. The summed E-state index contributed by atoms with van der Waals surface area (Å²) >= 11 is 1.60. The third kappa shape index (κ3) is 5.22. The van der Waals surface area contributed by atoms with Gasteiger partial charge in [0.25, 0.3) is 5.91 Å². The molecule has 0 saturated heterocycles. The topological polar surface area (TPSA) is 78.8 Å². The molecule has 1 aliphatic rings. The summed E-state index contributed by atoms with van der Waals surface area (Å²) in [5.41, 5.74) is 3.75. The molecule has 0 aliphatic heterocycles. The van der Waals surface area contributed by atoms with Gasteiger partial charge < -0.3 is 10.4 Å². The Bertz CT molecular complexity index is 1190. The van der Waals surface area contributed by atoms with Gasteiger partial charge in [-0.25, -0.2) is 9.79 Å². The van der Waals surface area contributed by atoms with E-state index in [4.69, 9.17) is 10.1 Å². The molecule has 1 aliphatic carbocycles. The van der Waals surface area contributed by atoms with Crippen molar-refractivity contribution in [3.63, 3.8) is 0 Å². The zero-order valence-electron chi connectivity index (χ0n) is 19.1. The molecule has 170 valence electrons. The van der Waals surface area contributed by atoms with Crippen LogP contribution in [0.2, 0.25) is 0 Å². The normalized spacial score (nSPS) is 15.9. The molecule has 0 fully saturated rings. The summed E-state index contributed by atoms with van der Waals surface area (Å²) < 4.78 is 0. The lowest BCUT2D eigenvalue weighted by Gasteiger charge is -2.33. The molecule has 5 nitrogen and oxygen atoms in total. The Morgan fingerprint density at radius 3 is 2.42 bits per heavy atom. The van der Waals surface area contributed by atoms with E-state index in [0.717, 1.165) is 36.1 Å². The number of amides is 1. The van der Waals surface area contributed by atoms with E-state index >= 15 is 0 Å². The number of carbonyl (C=O) groups is 2. The summed E-state index contributed by atoms with van der Waals surface area (Å²) in [6, 6.07) is 16.0. The quantitative estimate of drug-likeness (QED) is 0.421. The highest BCUT2D eigenvalue weighted by Crippen LogP contribution is 2.45. The zero-order chi connectivity index (χ0) is 23.6. The number of carboxylic acids is 1. The van der Waals surface area contributed by atoms with E-state index in [1.165, 1.54) is 4.88 Å². The number of para-hydroxylation sites is 1. The van der Waals surface area contributed by atoms with Crippen molar-refractivity contribution in [1.82, 2.24) is 0 Å². The molecule has 1 atom stereocenters. The van der Waals surface area contributed by atoms with Gasteiger partial charge in [0.15, 0.2) is 0 Å². The van der Waals surface area contributed by atoms with E-state index in [1.807, 2.05) is 30.3 Å². The second-order valence-electron chi connectivity index (χ2n) is 9.50. The maximum atomic E-state index is 13.3. The van der Waals surface area contributed by atoms with Crippen LogP contribution in [0.25, 0.3) is 0 Å². The molecule has 3 aromatic rings. The number of hydrogen-bond acceptors (Lipinski definition) is 4. The predicted octanol–water partition coefficient (Wildman–Crippen LogP) is 6.60. The standard InChI is InChI=1S/C27H28N2O3S/c1-27(2,3)19-13-14-21-22(15-19)33-25(23(21)24(30)29-20-7-5-4-6-8-20)28-16-17-9-11-18(12-10-17)26(31)32/h4-12,16,19H,13-15H2,1-3H3,(H,29,30)(H,31,32)/t19-/m1/s1. The number of nitrogens with one attached hydrogen (secondary N) is 1. The van der Waals surface area contributed by atoms with E-state index < -0.39 is 5.97 Å². The van der Waals surface area contributed by atoms with Gasteiger partial charge in [0.1, 0.15) is 5.00 Å². The molecular formula is C27H28N2O3S.